The lowest BCUT2D eigenvalue weighted by atomic mass is 9.95. The monoisotopic (exact) mass is 576 g/mol. The van der Waals surface area contributed by atoms with E-state index in [0.29, 0.717) is 12.8 Å². The summed E-state index contributed by atoms with van der Waals surface area (Å²) in [5.41, 5.74) is -0.708. The number of aliphatic hydroxyl groups is 3. The van der Waals surface area contributed by atoms with E-state index in [9.17, 15) is 9.59 Å². The Morgan fingerprint density at radius 3 is 0.775 bits per heavy atom. The molecular weight excluding hydrogens is 508 g/mol. The molecule has 0 aromatic rings. The van der Waals surface area contributed by atoms with Crippen LogP contribution in [0.3, 0.4) is 0 Å². The van der Waals surface area contributed by atoms with Crippen molar-refractivity contribution >= 4 is 11.9 Å². The molecule has 0 unspecified atom stereocenters. The number of rotatable bonds is 27. The van der Waals surface area contributed by atoms with Crippen LogP contribution in [0.15, 0.2) is 0 Å². The lowest BCUT2D eigenvalue weighted by Gasteiger charge is -2.20. The van der Waals surface area contributed by atoms with Crippen molar-refractivity contribution in [3.63, 3.8) is 0 Å². The van der Waals surface area contributed by atoms with Crippen LogP contribution >= 0.6 is 0 Å². The van der Waals surface area contributed by atoms with Gasteiger partial charge in [-0.05, 0) is 12.8 Å². The number of carbonyl (C=O) groups is 2. The zero-order valence-electron chi connectivity index (χ0n) is 26.6. The molecule has 0 aliphatic rings. The largest absolute Gasteiger partial charge is 0.481 e. The Labute approximate surface area is 247 Å². The number of hydrogen-bond donors (Lipinski definition) is 5. The first kappa shape index (κ1) is 43.3. The molecule has 0 heterocycles. The predicted molar refractivity (Wildman–Crippen MR) is 167 cm³/mol. The van der Waals surface area contributed by atoms with Gasteiger partial charge in [0, 0.05) is 18.3 Å². The molecule has 0 atom stereocenters. The molecule has 5 N–H and O–H groups in total. The molecule has 0 aliphatic heterocycles. The van der Waals surface area contributed by atoms with Gasteiger partial charge in [0.2, 0.25) is 0 Å². The molecule has 0 bridgehead atoms. The van der Waals surface area contributed by atoms with Gasteiger partial charge in [0.1, 0.15) is 0 Å². The highest BCUT2D eigenvalue weighted by Gasteiger charge is 2.20. The van der Waals surface area contributed by atoms with Gasteiger partial charge >= 0.3 is 11.9 Å². The standard InChI is InChI=1S/2C14H28O2.C5H12O3/c2*1-2-3-4-5-6-7-8-9-10-11-12-13-14(15)16;1-5(2-6,3-7)4-8/h2*2-13H2,1H3,(H,15,16);6-8H,2-4H2,1H3. The summed E-state index contributed by atoms with van der Waals surface area (Å²) in [6, 6.07) is 0. The summed E-state index contributed by atoms with van der Waals surface area (Å²) in [6.07, 6.45) is 28.7. The van der Waals surface area contributed by atoms with Gasteiger partial charge in [-0.3, -0.25) is 9.59 Å². The Hall–Kier alpha value is -1.18. The van der Waals surface area contributed by atoms with Gasteiger partial charge in [-0.25, -0.2) is 0 Å². The maximum absolute atomic E-state index is 10.3. The molecule has 7 nitrogen and oxygen atoms in total. The van der Waals surface area contributed by atoms with E-state index in [0.717, 1.165) is 25.7 Å². The summed E-state index contributed by atoms with van der Waals surface area (Å²) in [7, 11) is 0. The molecule has 0 saturated heterocycles. The van der Waals surface area contributed by atoms with Crippen LogP contribution in [0.2, 0.25) is 0 Å². The van der Waals surface area contributed by atoms with E-state index in [-0.39, 0.29) is 19.8 Å². The van der Waals surface area contributed by atoms with Gasteiger partial charge in [-0.1, -0.05) is 149 Å². The molecule has 0 radical (unpaired) electrons. The Balaban J connectivity index is -0.000000543. The first-order valence-corrected chi connectivity index (χ1v) is 16.5. The summed E-state index contributed by atoms with van der Waals surface area (Å²) < 4.78 is 0. The fourth-order valence-electron chi connectivity index (χ4n) is 4.03. The molecule has 0 rings (SSSR count). The molecule has 0 fully saturated rings. The zero-order chi connectivity index (χ0) is 30.7. The highest BCUT2D eigenvalue weighted by Crippen LogP contribution is 2.13. The van der Waals surface area contributed by atoms with E-state index < -0.39 is 17.4 Å². The molecule has 0 amide bonds. The van der Waals surface area contributed by atoms with Crippen LogP contribution in [-0.4, -0.2) is 57.3 Å². The third-order valence-corrected chi connectivity index (χ3v) is 7.13. The molecule has 0 spiro atoms. The van der Waals surface area contributed by atoms with E-state index in [4.69, 9.17) is 25.5 Å². The summed E-state index contributed by atoms with van der Waals surface area (Å²) in [5.74, 6) is -1.31. The maximum Gasteiger partial charge on any atom is 0.303 e. The van der Waals surface area contributed by atoms with Crippen LogP contribution in [-0.2, 0) is 9.59 Å². The van der Waals surface area contributed by atoms with Crippen LogP contribution < -0.4 is 0 Å². The van der Waals surface area contributed by atoms with E-state index >= 15 is 0 Å². The highest BCUT2D eigenvalue weighted by molar-refractivity contribution is 5.66. The van der Waals surface area contributed by atoms with Crippen LogP contribution in [0, 0.1) is 5.41 Å². The minimum absolute atomic E-state index is 0.181. The minimum Gasteiger partial charge on any atom is -0.481 e. The average molecular weight is 577 g/mol. The summed E-state index contributed by atoms with van der Waals surface area (Å²) in [4.78, 5) is 20.5. The van der Waals surface area contributed by atoms with Crippen molar-refractivity contribution in [2.75, 3.05) is 19.8 Å². The number of carboxylic acid groups (broad SMARTS) is 2. The second-order valence-electron chi connectivity index (χ2n) is 11.6. The van der Waals surface area contributed by atoms with Gasteiger partial charge in [0.25, 0.3) is 0 Å². The van der Waals surface area contributed by atoms with Crippen molar-refractivity contribution < 1.29 is 35.1 Å². The molecule has 0 aliphatic carbocycles. The van der Waals surface area contributed by atoms with Crippen molar-refractivity contribution in [2.45, 2.75) is 175 Å². The van der Waals surface area contributed by atoms with Crippen molar-refractivity contribution in [1.29, 1.82) is 0 Å². The Morgan fingerprint density at radius 1 is 0.425 bits per heavy atom. The van der Waals surface area contributed by atoms with Gasteiger partial charge < -0.3 is 25.5 Å². The smallest absolute Gasteiger partial charge is 0.303 e. The van der Waals surface area contributed by atoms with Crippen LogP contribution in [0.1, 0.15) is 175 Å². The Kier molecular flexibility index (Phi) is 38.8. The number of hydrogen-bond acceptors (Lipinski definition) is 5. The van der Waals surface area contributed by atoms with Crippen LogP contribution in [0.5, 0.6) is 0 Å². The van der Waals surface area contributed by atoms with E-state index in [1.807, 2.05) is 0 Å². The third kappa shape index (κ3) is 41.3. The van der Waals surface area contributed by atoms with Gasteiger partial charge in [0.05, 0.1) is 19.8 Å². The Morgan fingerprint density at radius 2 is 0.625 bits per heavy atom. The molecule has 0 aromatic carbocycles. The molecule has 0 saturated carbocycles. The topological polar surface area (TPSA) is 135 Å². The molecular formula is C33H68O7. The lowest BCUT2D eigenvalue weighted by molar-refractivity contribution is -0.138. The highest BCUT2D eigenvalue weighted by atomic mass is 16.4. The van der Waals surface area contributed by atoms with Crippen molar-refractivity contribution in [3.8, 4) is 0 Å². The molecule has 0 aromatic heterocycles. The fraction of sp³-hybridized carbons (Fsp3) is 0.939. The SMILES string of the molecule is CC(CO)(CO)CO.CCCCCCCCCCCCCC(=O)O.CCCCCCCCCCCCCC(=O)O. The normalized spacial score (nSPS) is 10.8. The summed E-state index contributed by atoms with van der Waals surface area (Å²) >= 11 is 0. The van der Waals surface area contributed by atoms with Gasteiger partial charge in [-0.2, -0.15) is 0 Å². The molecule has 7 heteroatoms. The minimum atomic E-state index is -0.708. The third-order valence-electron chi connectivity index (χ3n) is 7.13. The van der Waals surface area contributed by atoms with E-state index in [1.54, 1.807) is 6.92 Å². The van der Waals surface area contributed by atoms with Crippen molar-refractivity contribution in [2.24, 2.45) is 5.41 Å². The number of unbranched alkanes of at least 4 members (excludes halogenated alkanes) is 20. The van der Waals surface area contributed by atoms with Crippen molar-refractivity contribution in [3.05, 3.63) is 0 Å². The van der Waals surface area contributed by atoms with E-state index in [1.165, 1.54) is 116 Å². The molecule has 40 heavy (non-hydrogen) atoms. The summed E-state index contributed by atoms with van der Waals surface area (Å²) in [5, 5.41) is 42.3. The lowest BCUT2D eigenvalue weighted by Crippen LogP contribution is -2.29. The first-order valence-electron chi connectivity index (χ1n) is 16.5. The number of aliphatic hydroxyl groups excluding tert-OH is 3. The zero-order valence-corrected chi connectivity index (χ0v) is 26.6. The fourth-order valence-corrected chi connectivity index (χ4v) is 4.03. The average Bonchev–Trinajstić information content (AvgIpc) is 2.94. The van der Waals surface area contributed by atoms with Crippen LogP contribution in [0.4, 0.5) is 0 Å². The quantitative estimate of drug-likeness (QED) is 0.0618. The van der Waals surface area contributed by atoms with Crippen LogP contribution in [0.25, 0.3) is 0 Å². The number of carboxylic acids is 2. The van der Waals surface area contributed by atoms with E-state index in [2.05, 4.69) is 13.8 Å². The molecule has 242 valence electrons. The first-order chi connectivity index (χ1) is 19.2. The second-order valence-corrected chi connectivity index (χ2v) is 11.6. The second kappa shape index (κ2) is 35.8. The van der Waals surface area contributed by atoms with Crippen molar-refractivity contribution in [1.82, 2.24) is 0 Å². The maximum atomic E-state index is 10.3. The van der Waals surface area contributed by atoms with Gasteiger partial charge in [0.15, 0.2) is 0 Å². The summed E-state index contributed by atoms with van der Waals surface area (Å²) in [6.45, 7) is 5.56. The Bertz CT molecular complexity index is 463. The predicted octanol–water partition coefficient (Wildman–Crippen LogP) is 8.51. The number of aliphatic carboxylic acids is 2. The van der Waals surface area contributed by atoms with Gasteiger partial charge in [-0.15, -0.1) is 0 Å².